The lowest BCUT2D eigenvalue weighted by Crippen LogP contribution is -2.01. The lowest BCUT2D eigenvalue weighted by molar-refractivity contribution is -0.118. The van der Waals surface area contributed by atoms with Gasteiger partial charge in [-0.25, -0.2) is 4.39 Å². The second-order valence-electron chi connectivity index (χ2n) is 3.21. The number of carbonyl (C=O) groups excluding carboxylic acids is 1. The average Bonchev–Trinajstić information content (AvgIpc) is 2.12. The van der Waals surface area contributed by atoms with E-state index in [0.717, 1.165) is 12.0 Å². The van der Waals surface area contributed by atoms with Gasteiger partial charge in [-0.15, -0.1) is 0 Å². The molecule has 1 aromatic carbocycles. The Morgan fingerprint density at radius 3 is 2.79 bits per heavy atom. The normalized spacial score (nSPS) is 10.2. The Labute approximate surface area is 87.9 Å². The molecule has 0 spiro atoms. The molecule has 1 rings (SSSR count). The standard InChI is InChI=1S/C11H12ClFO/c1-2-3-9(14)6-8-4-5-11(13)10(12)7-8/h4-5,7H,2-3,6H2,1H3. The molecular weight excluding hydrogens is 203 g/mol. The van der Waals surface area contributed by atoms with Crippen LogP contribution in [0.15, 0.2) is 18.2 Å². The van der Waals surface area contributed by atoms with Crippen molar-refractivity contribution in [2.45, 2.75) is 26.2 Å². The van der Waals surface area contributed by atoms with E-state index in [0.29, 0.717) is 12.8 Å². The highest BCUT2D eigenvalue weighted by Gasteiger charge is 2.05. The molecule has 0 saturated heterocycles. The summed E-state index contributed by atoms with van der Waals surface area (Å²) >= 11 is 5.59. The van der Waals surface area contributed by atoms with Gasteiger partial charge in [-0.05, 0) is 24.1 Å². The maximum absolute atomic E-state index is 12.8. The van der Waals surface area contributed by atoms with Crippen LogP contribution in [0.3, 0.4) is 0 Å². The lowest BCUT2D eigenvalue weighted by Gasteiger charge is -2.01. The van der Waals surface area contributed by atoms with Gasteiger partial charge in [0.05, 0.1) is 5.02 Å². The van der Waals surface area contributed by atoms with Gasteiger partial charge in [0, 0.05) is 12.8 Å². The first-order chi connectivity index (χ1) is 6.63. The third-order valence-electron chi connectivity index (χ3n) is 1.91. The molecular formula is C11H12ClFO. The Balaban J connectivity index is 2.68. The summed E-state index contributed by atoms with van der Waals surface area (Å²) in [4.78, 5) is 11.3. The van der Waals surface area contributed by atoms with E-state index in [1.165, 1.54) is 12.1 Å². The van der Waals surface area contributed by atoms with E-state index >= 15 is 0 Å². The summed E-state index contributed by atoms with van der Waals surface area (Å²) in [5.74, 6) is -0.284. The molecule has 1 aromatic rings. The summed E-state index contributed by atoms with van der Waals surface area (Å²) in [5.41, 5.74) is 0.773. The number of benzene rings is 1. The molecule has 0 fully saturated rings. The molecule has 0 saturated carbocycles. The van der Waals surface area contributed by atoms with Gasteiger partial charge in [-0.3, -0.25) is 4.79 Å². The number of ketones is 1. The summed E-state index contributed by atoms with van der Waals surface area (Å²) in [5, 5.41) is 0.0757. The monoisotopic (exact) mass is 214 g/mol. The average molecular weight is 215 g/mol. The van der Waals surface area contributed by atoms with E-state index in [4.69, 9.17) is 11.6 Å². The van der Waals surface area contributed by atoms with E-state index in [2.05, 4.69) is 0 Å². The van der Waals surface area contributed by atoms with Crippen molar-refractivity contribution in [3.63, 3.8) is 0 Å². The molecule has 0 bridgehead atoms. The zero-order chi connectivity index (χ0) is 10.6. The molecule has 0 aliphatic heterocycles. The van der Waals surface area contributed by atoms with Gasteiger partial charge in [0.15, 0.2) is 0 Å². The molecule has 3 heteroatoms. The topological polar surface area (TPSA) is 17.1 Å². The van der Waals surface area contributed by atoms with Gasteiger partial charge in [-0.1, -0.05) is 24.6 Å². The Morgan fingerprint density at radius 1 is 1.50 bits per heavy atom. The highest BCUT2D eigenvalue weighted by atomic mass is 35.5. The smallest absolute Gasteiger partial charge is 0.141 e. The van der Waals surface area contributed by atoms with Crippen LogP contribution in [-0.4, -0.2) is 5.78 Å². The van der Waals surface area contributed by atoms with E-state index < -0.39 is 5.82 Å². The van der Waals surface area contributed by atoms with Crippen molar-refractivity contribution in [1.82, 2.24) is 0 Å². The van der Waals surface area contributed by atoms with Gasteiger partial charge >= 0.3 is 0 Å². The molecule has 1 nitrogen and oxygen atoms in total. The minimum absolute atomic E-state index is 0.0757. The fourth-order valence-corrected chi connectivity index (χ4v) is 1.45. The first-order valence-electron chi connectivity index (χ1n) is 4.59. The van der Waals surface area contributed by atoms with Crippen molar-refractivity contribution in [2.24, 2.45) is 0 Å². The highest BCUT2D eigenvalue weighted by Crippen LogP contribution is 2.16. The molecule has 0 N–H and O–H groups in total. The van der Waals surface area contributed by atoms with E-state index in [1.807, 2.05) is 6.92 Å². The molecule has 0 aliphatic rings. The second-order valence-corrected chi connectivity index (χ2v) is 3.62. The van der Waals surface area contributed by atoms with Crippen LogP contribution in [0.1, 0.15) is 25.3 Å². The van der Waals surface area contributed by atoms with E-state index in [1.54, 1.807) is 6.07 Å². The fourth-order valence-electron chi connectivity index (χ4n) is 1.24. The van der Waals surface area contributed by atoms with Crippen LogP contribution in [0.5, 0.6) is 0 Å². The summed E-state index contributed by atoms with van der Waals surface area (Å²) in [6.45, 7) is 1.95. The maximum atomic E-state index is 12.8. The number of hydrogen-bond donors (Lipinski definition) is 0. The molecule has 0 heterocycles. The van der Waals surface area contributed by atoms with Crippen LogP contribution in [-0.2, 0) is 11.2 Å². The number of Topliss-reactive ketones (excluding diaryl/α,β-unsaturated/α-hetero) is 1. The number of rotatable bonds is 4. The molecule has 0 atom stereocenters. The van der Waals surface area contributed by atoms with E-state index in [-0.39, 0.29) is 10.8 Å². The Hall–Kier alpha value is -0.890. The third kappa shape index (κ3) is 3.11. The zero-order valence-electron chi connectivity index (χ0n) is 8.02. The molecule has 0 amide bonds. The highest BCUT2D eigenvalue weighted by molar-refractivity contribution is 6.30. The summed E-state index contributed by atoms with van der Waals surface area (Å²) < 4.78 is 12.8. The van der Waals surface area contributed by atoms with Crippen LogP contribution >= 0.6 is 11.6 Å². The van der Waals surface area contributed by atoms with Crippen molar-refractivity contribution in [3.05, 3.63) is 34.6 Å². The summed E-state index contributed by atoms with van der Waals surface area (Å²) in [6, 6.07) is 4.39. The van der Waals surface area contributed by atoms with Gasteiger partial charge in [0.25, 0.3) is 0 Å². The van der Waals surface area contributed by atoms with Crippen LogP contribution in [0.2, 0.25) is 5.02 Å². The van der Waals surface area contributed by atoms with Crippen molar-refractivity contribution in [3.8, 4) is 0 Å². The SMILES string of the molecule is CCCC(=O)Cc1ccc(F)c(Cl)c1. The molecule has 0 unspecified atom stereocenters. The van der Waals surface area contributed by atoms with Crippen molar-refractivity contribution in [1.29, 1.82) is 0 Å². The quantitative estimate of drug-likeness (QED) is 0.751. The molecule has 0 aromatic heterocycles. The second kappa shape index (κ2) is 5.11. The maximum Gasteiger partial charge on any atom is 0.141 e. The minimum atomic E-state index is -0.446. The van der Waals surface area contributed by atoms with Crippen LogP contribution in [0, 0.1) is 5.82 Å². The summed E-state index contributed by atoms with van der Waals surface area (Å²) in [6.07, 6.45) is 1.75. The van der Waals surface area contributed by atoms with Crippen molar-refractivity contribution < 1.29 is 9.18 Å². The van der Waals surface area contributed by atoms with Crippen LogP contribution < -0.4 is 0 Å². The van der Waals surface area contributed by atoms with Gasteiger partial charge in [0.2, 0.25) is 0 Å². The Bertz CT molecular complexity index is 336. The first-order valence-corrected chi connectivity index (χ1v) is 4.97. The zero-order valence-corrected chi connectivity index (χ0v) is 8.77. The fraction of sp³-hybridized carbons (Fsp3) is 0.364. The lowest BCUT2D eigenvalue weighted by atomic mass is 10.1. The number of carbonyl (C=O) groups is 1. The van der Waals surface area contributed by atoms with Gasteiger partial charge in [-0.2, -0.15) is 0 Å². The first kappa shape index (κ1) is 11.2. The molecule has 76 valence electrons. The summed E-state index contributed by atoms with van der Waals surface area (Å²) in [7, 11) is 0. The van der Waals surface area contributed by atoms with Crippen molar-refractivity contribution in [2.75, 3.05) is 0 Å². The minimum Gasteiger partial charge on any atom is -0.299 e. The largest absolute Gasteiger partial charge is 0.299 e. The van der Waals surface area contributed by atoms with Crippen LogP contribution in [0.4, 0.5) is 4.39 Å². The Morgan fingerprint density at radius 2 is 2.21 bits per heavy atom. The Kier molecular flexibility index (Phi) is 4.08. The molecule has 14 heavy (non-hydrogen) atoms. The van der Waals surface area contributed by atoms with Gasteiger partial charge < -0.3 is 0 Å². The predicted octanol–water partition coefficient (Wildman–Crippen LogP) is 3.39. The van der Waals surface area contributed by atoms with Gasteiger partial charge in [0.1, 0.15) is 11.6 Å². The van der Waals surface area contributed by atoms with E-state index in [9.17, 15) is 9.18 Å². The predicted molar refractivity (Wildman–Crippen MR) is 55.0 cm³/mol. The molecule has 0 radical (unpaired) electrons. The van der Waals surface area contributed by atoms with Crippen LogP contribution in [0.25, 0.3) is 0 Å². The number of hydrogen-bond acceptors (Lipinski definition) is 1. The van der Waals surface area contributed by atoms with Crippen molar-refractivity contribution >= 4 is 17.4 Å². The number of halogens is 2. The third-order valence-corrected chi connectivity index (χ3v) is 2.20. The molecule has 0 aliphatic carbocycles.